The molecule has 1 aromatic carbocycles. The minimum Gasteiger partial charge on any atom is -0.439 e. The number of nitrogens with zero attached hydrogens (tertiary/aromatic N) is 4. The Balaban J connectivity index is 2.32. The van der Waals surface area contributed by atoms with Gasteiger partial charge in [0, 0.05) is 26.2 Å². The van der Waals surface area contributed by atoms with Crippen molar-refractivity contribution in [2.75, 3.05) is 13.6 Å². The van der Waals surface area contributed by atoms with E-state index < -0.39 is 11.9 Å². The summed E-state index contributed by atoms with van der Waals surface area (Å²) in [6.07, 6.45) is -2.77. The van der Waals surface area contributed by atoms with E-state index in [4.69, 9.17) is 4.74 Å². The maximum absolute atomic E-state index is 12.9. The molecule has 0 amide bonds. The summed E-state index contributed by atoms with van der Waals surface area (Å²) in [5.74, 6) is 0.540. The van der Waals surface area contributed by atoms with Crippen LogP contribution in [-0.2, 0) is 12.7 Å². The van der Waals surface area contributed by atoms with Crippen molar-refractivity contribution in [1.29, 1.82) is 0 Å². The predicted octanol–water partition coefficient (Wildman–Crippen LogP) is 4.94. The van der Waals surface area contributed by atoms with Crippen LogP contribution in [0.15, 0.2) is 23.2 Å². The Morgan fingerprint density at radius 3 is 2.46 bits per heavy atom. The van der Waals surface area contributed by atoms with Crippen molar-refractivity contribution in [2.45, 2.75) is 40.4 Å². The molecule has 0 saturated heterocycles. The summed E-state index contributed by atoms with van der Waals surface area (Å²) < 4.78 is 45.6. The van der Waals surface area contributed by atoms with Crippen LogP contribution in [0.2, 0.25) is 0 Å². The third-order valence-electron chi connectivity index (χ3n) is 3.93. The number of ether oxygens (including phenoxy) is 1. The number of aliphatic imine (C=N–C) groups is 1. The molecule has 0 atom stereocenters. The molecule has 142 valence electrons. The lowest BCUT2D eigenvalue weighted by atomic mass is 10.1. The van der Waals surface area contributed by atoms with Gasteiger partial charge in [-0.05, 0) is 51.0 Å². The van der Waals surface area contributed by atoms with E-state index in [1.54, 1.807) is 19.3 Å². The minimum absolute atomic E-state index is 0.0595. The number of aromatic nitrogens is 2. The molecule has 0 aliphatic heterocycles. The van der Waals surface area contributed by atoms with Crippen LogP contribution in [0.3, 0.4) is 0 Å². The van der Waals surface area contributed by atoms with Gasteiger partial charge in [0.2, 0.25) is 5.88 Å². The normalized spacial score (nSPS) is 12.0. The minimum atomic E-state index is -4.51. The average molecular weight is 368 g/mol. The maximum atomic E-state index is 12.9. The molecule has 0 saturated carbocycles. The second kappa shape index (κ2) is 7.80. The van der Waals surface area contributed by atoms with Crippen LogP contribution in [0.1, 0.15) is 30.7 Å². The Kier molecular flexibility index (Phi) is 5.94. The maximum Gasteiger partial charge on any atom is 0.435 e. The van der Waals surface area contributed by atoms with Gasteiger partial charge in [-0.2, -0.15) is 18.3 Å². The van der Waals surface area contributed by atoms with E-state index in [9.17, 15) is 13.2 Å². The molecule has 1 aromatic heterocycles. The number of benzene rings is 1. The topological polar surface area (TPSA) is 42.6 Å². The fourth-order valence-electron chi connectivity index (χ4n) is 2.23. The summed E-state index contributed by atoms with van der Waals surface area (Å²) in [6, 6.07) is 4.54. The highest BCUT2D eigenvalue weighted by molar-refractivity contribution is 5.64. The summed E-state index contributed by atoms with van der Waals surface area (Å²) in [5.41, 5.74) is 1.46. The first kappa shape index (κ1) is 19.8. The number of hydrogen-bond donors (Lipinski definition) is 0. The summed E-state index contributed by atoms with van der Waals surface area (Å²) in [5, 5.41) is 3.56. The van der Waals surface area contributed by atoms with Gasteiger partial charge in [-0.3, -0.25) is 0 Å². The van der Waals surface area contributed by atoms with Gasteiger partial charge >= 0.3 is 6.18 Å². The molecule has 0 bridgehead atoms. The molecular formula is C18H23F3N4O. The van der Waals surface area contributed by atoms with Gasteiger partial charge < -0.3 is 9.64 Å². The smallest absolute Gasteiger partial charge is 0.435 e. The molecule has 5 nitrogen and oxygen atoms in total. The highest BCUT2D eigenvalue weighted by atomic mass is 19.4. The zero-order valence-electron chi connectivity index (χ0n) is 15.6. The first-order valence-corrected chi connectivity index (χ1v) is 8.34. The van der Waals surface area contributed by atoms with E-state index in [1.807, 2.05) is 38.8 Å². The molecule has 0 radical (unpaired) electrons. The number of rotatable bonds is 6. The molecular weight excluding hydrogens is 345 g/mol. The number of hydrogen-bond acceptors (Lipinski definition) is 3. The van der Waals surface area contributed by atoms with Crippen LogP contribution in [0.5, 0.6) is 11.6 Å². The quantitative estimate of drug-likeness (QED) is 0.536. The van der Waals surface area contributed by atoms with Crippen LogP contribution in [0.25, 0.3) is 0 Å². The standard InChI is InChI=1S/C18H23F3N4O/c1-6-24(5)11-22-14-8-13(4)15(9-12(14)3)26-17-10-16(18(19,20)21)23-25(17)7-2/h8-11H,6-7H2,1-5H3/b22-11+. The molecule has 0 N–H and O–H groups in total. The summed E-state index contributed by atoms with van der Waals surface area (Å²) in [4.78, 5) is 6.38. The van der Waals surface area contributed by atoms with Crippen molar-refractivity contribution in [1.82, 2.24) is 14.7 Å². The monoisotopic (exact) mass is 368 g/mol. The molecule has 1 heterocycles. The molecule has 0 fully saturated rings. The van der Waals surface area contributed by atoms with Gasteiger partial charge in [0.05, 0.1) is 12.0 Å². The molecule has 8 heteroatoms. The van der Waals surface area contributed by atoms with Crippen molar-refractivity contribution < 1.29 is 17.9 Å². The van der Waals surface area contributed by atoms with Crippen molar-refractivity contribution in [3.8, 4) is 11.6 Å². The lowest BCUT2D eigenvalue weighted by Crippen LogP contribution is -2.14. The van der Waals surface area contributed by atoms with Gasteiger partial charge in [0.15, 0.2) is 5.69 Å². The van der Waals surface area contributed by atoms with Crippen LogP contribution in [0.4, 0.5) is 18.9 Å². The van der Waals surface area contributed by atoms with Crippen molar-refractivity contribution in [2.24, 2.45) is 4.99 Å². The van der Waals surface area contributed by atoms with E-state index in [0.717, 1.165) is 29.4 Å². The molecule has 26 heavy (non-hydrogen) atoms. The molecule has 0 aliphatic carbocycles. The lowest BCUT2D eigenvalue weighted by Gasteiger charge is -2.13. The predicted molar refractivity (Wildman–Crippen MR) is 95.3 cm³/mol. The average Bonchev–Trinajstić information content (AvgIpc) is 2.99. The molecule has 2 rings (SSSR count). The van der Waals surface area contributed by atoms with Crippen LogP contribution in [0, 0.1) is 13.8 Å². The summed E-state index contributed by atoms with van der Waals surface area (Å²) >= 11 is 0. The molecule has 0 unspecified atom stereocenters. The first-order valence-electron chi connectivity index (χ1n) is 8.34. The van der Waals surface area contributed by atoms with E-state index >= 15 is 0 Å². The van der Waals surface area contributed by atoms with Gasteiger partial charge in [-0.15, -0.1) is 0 Å². The molecule has 2 aromatic rings. The summed E-state index contributed by atoms with van der Waals surface area (Å²) in [6.45, 7) is 8.55. The van der Waals surface area contributed by atoms with Crippen molar-refractivity contribution in [3.63, 3.8) is 0 Å². The molecule has 0 aliphatic rings. The third kappa shape index (κ3) is 4.56. The Morgan fingerprint density at radius 2 is 1.88 bits per heavy atom. The zero-order valence-corrected chi connectivity index (χ0v) is 15.6. The fraction of sp³-hybridized carbons (Fsp3) is 0.444. The second-order valence-electron chi connectivity index (χ2n) is 6.01. The Labute approximate surface area is 151 Å². The Morgan fingerprint density at radius 1 is 1.19 bits per heavy atom. The zero-order chi connectivity index (χ0) is 19.5. The van der Waals surface area contributed by atoms with Crippen LogP contribution in [-0.4, -0.2) is 34.6 Å². The first-order chi connectivity index (χ1) is 12.2. The molecule has 0 spiro atoms. The van der Waals surface area contributed by atoms with Gasteiger partial charge in [0.1, 0.15) is 5.75 Å². The van der Waals surface area contributed by atoms with Crippen molar-refractivity contribution >= 4 is 12.0 Å². The third-order valence-corrected chi connectivity index (χ3v) is 3.93. The fourth-order valence-corrected chi connectivity index (χ4v) is 2.23. The number of alkyl halides is 3. The van der Waals surface area contributed by atoms with E-state index in [0.29, 0.717) is 5.75 Å². The second-order valence-corrected chi connectivity index (χ2v) is 6.01. The number of aryl methyl sites for hydroxylation is 3. The van der Waals surface area contributed by atoms with Crippen molar-refractivity contribution in [3.05, 3.63) is 35.0 Å². The highest BCUT2D eigenvalue weighted by Gasteiger charge is 2.35. The number of halogens is 3. The van der Waals surface area contributed by atoms with E-state index in [2.05, 4.69) is 10.1 Å². The Hall–Kier alpha value is -2.51. The van der Waals surface area contributed by atoms with Gasteiger partial charge in [-0.25, -0.2) is 9.67 Å². The lowest BCUT2D eigenvalue weighted by molar-refractivity contribution is -0.141. The summed E-state index contributed by atoms with van der Waals surface area (Å²) in [7, 11) is 1.92. The Bertz CT molecular complexity index is 796. The van der Waals surface area contributed by atoms with Crippen LogP contribution < -0.4 is 4.74 Å². The van der Waals surface area contributed by atoms with E-state index in [-0.39, 0.29) is 12.4 Å². The van der Waals surface area contributed by atoms with E-state index in [1.165, 1.54) is 4.68 Å². The SMILES string of the molecule is CCN(C)/C=N/c1cc(C)c(Oc2cc(C(F)(F)F)nn2CC)cc1C. The van der Waals surface area contributed by atoms with Gasteiger partial charge in [0.25, 0.3) is 0 Å². The highest BCUT2D eigenvalue weighted by Crippen LogP contribution is 2.35. The van der Waals surface area contributed by atoms with Gasteiger partial charge in [-0.1, -0.05) is 0 Å². The van der Waals surface area contributed by atoms with Crippen LogP contribution >= 0.6 is 0 Å². The largest absolute Gasteiger partial charge is 0.439 e.